The van der Waals surface area contributed by atoms with E-state index in [9.17, 15) is 4.79 Å². The second-order valence-corrected chi connectivity index (χ2v) is 7.23. The number of fused-ring (bicyclic) bond motifs is 1. The highest BCUT2D eigenvalue weighted by atomic mass is 79.9. The third-order valence-electron chi connectivity index (χ3n) is 2.99. The minimum atomic E-state index is -0.167. The van der Waals surface area contributed by atoms with Gasteiger partial charge in [0.15, 0.2) is 5.13 Å². The molecule has 0 aliphatic carbocycles. The maximum Gasteiger partial charge on any atom is 0.239 e. The van der Waals surface area contributed by atoms with E-state index in [0.717, 1.165) is 35.0 Å². The quantitative estimate of drug-likeness (QED) is 0.734. The summed E-state index contributed by atoms with van der Waals surface area (Å²) >= 11 is 11.0. The van der Waals surface area contributed by atoms with E-state index in [1.165, 1.54) is 11.3 Å². The number of aromatic nitrogens is 1. The van der Waals surface area contributed by atoms with Gasteiger partial charge in [-0.3, -0.25) is 4.79 Å². The minimum absolute atomic E-state index is 0.0414. The molecule has 6 heteroatoms. The van der Waals surface area contributed by atoms with Crippen molar-refractivity contribution in [1.82, 2.24) is 4.98 Å². The predicted molar refractivity (Wildman–Crippen MR) is 90.2 cm³/mol. The Morgan fingerprint density at radius 2 is 2.30 bits per heavy atom. The summed E-state index contributed by atoms with van der Waals surface area (Å²) in [6, 6.07) is 3.83. The summed E-state index contributed by atoms with van der Waals surface area (Å²) in [6.07, 6.45) is 2.93. The van der Waals surface area contributed by atoms with Crippen molar-refractivity contribution in [2.75, 3.05) is 5.32 Å². The van der Waals surface area contributed by atoms with Crippen molar-refractivity contribution in [2.24, 2.45) is 0 Å². The Hall–Kier alpha value is -0.650. The SMILES string of the molecule is CCCC[C@@H](Br)C(=O)Nc1nc2cc(Cl)c(C)cc2s1. The number of carbonyl (C=O) groups excluding carboxylic acids is 1. The minimum Gasteiger partial charge on any atom is -0.301 e. The first-order valence-electron chi connectivity index (χ1n) is 6.53. The molecule has 0 saturated carbocycles. The highest BCUT2D eigenvalue weighted by molar-refractivity contribution is 9.10. The Morgan fingerprint density at radius 1 is 1.55 bits per heavy atom. The standard InChI is InChI=1S/C14H16BrClN2OS/c1-3-4-5-9(15)13(19)18-14-17-11-7-10(16)8(2)6-12(11)20-14/h6-7,9H,3-5H2,1-2H3,(H,17,18,19)/t9-/m1/s1. The molecule has 1 aromatic heterocycles. The van der Waals surface area contributed by atoms with Crippen LogP contribution in [0.5, 0.6) is 0 Å². The number of alkyl halides is 1. The predicted octanol–water partition coefficient (Wildman–Crippen LogP) is 5.15. The second kappa shape index (κ2) is 6.87. The van der Waals surface area contributed by atoms with E-state index in [2.05, 4.69) is 33.2 Å². The van der Waals surface area contributed by atoms with Gasteiger partial charge in [-0.25, -0.2) is 4.98 Å². The van der Waals surface area contributed by atoms with Gasteiger partial charge in [0.1, 0.15) is 0 Å². The molecule has 1 atom stereocenters. The molecule has 0 spiro atoms. The number of halogens is 2. The van der Waals surface area contributed by atoms with Crippen LogP contribution in [0.4, 0.5) is 5.13 Å². The molecular weight excluding hydrogens is 360 g/mol. The lowest BCUT2D eigenvalue weighted by Crippen LogP contribution is -2.22. The topological polar surface area (TPSA) is 42.0 Å². The molecule has 0 aliphatic rings. The van der Waals surface area contributed by atoms with E-state index in [-0.39, 0.29) is 10.7 Å². The van der Waals surface area contributed by atoms with Gasteiger partial charge in [-0.2, -0.15) is 0 Å². The lowest BCUT2D eigenvalue weighted by Gasteiger charge is -2.07. The number of nitrogens with one attached hydrogen (secondary N) is 1. The summed E-state index contributed by atoms with van der Waals surface area (Å²) in [5.74, 6) is -0.0414. The van der Waals surface area contributed by atoms with Crippen molar-refractivity contribution in [1.29, 1.82) is 0 Å². The van der Waals surface area contributed by atoms with Crippen molar-refractivity contribution >= 4 is 60.1 Å². The number of rotatable bonds is 5. The first kappa shape index (κ1) is 15.7. The monoisotopic (exact) mass is 374 g/mol. The van der Waals surface area contributed by atoms with Gasteiger partial charge in [-0.05, 0) is 31.0 Å². The molecule has 0 unspecified atom stereocenters. The maximum absolute atomic E-state index is 12.0. The highest BCUT2D eigenvalue weighted by Crippen LogP contribution is 2.30. The fourth-order valence-corrected chi connectivity index (χ4v) is 3.35. The number of hydrogen-bond acceptors (Lipinski definition) is 3. The number of amides is 1. The Balaban J connectivity index is 2.12. The molecule has 0 bridgehead atoms. The maximum atomic E-state index is 12.0. The lowest BCUT2D eigenvalue weighted by atomic mass is 10.2. The van der Waals surface area contributed by atoms with Crippen LogP contribution in [0.25, 0.3) is 10.2 Å². The second-order valence-electron chi connectivity index (χ2n) is 4.69. The van der Waals surface area contributed by atoms with Crippen molar-refractivity contribution < 1.29 is 4.79 Å². The van der Waals surface area contributed by atoms with Crippen LogP contribution in [0.15, 0.2) is 12.1 Å². The molecule has 0 aliphatic heterocycles. The molecule has 1 N–H and O–H groups in total. The lowest BCUT2D eigenvalue weighted by molar-refractivity contribution is -0.115. The zero-order valence-corrected chi connectivity index (χ0v) is 14.5. The molecular formula is C14H16BrClN2OS. The summed E-state index contributed by atoms with van der Waals surface area (Å²) in [6.45, 7) is 4.07. The van der Waals surface area contributed by atoms with E-state index < -0.39 is 0 Å². The molecule has 1 heterocycles. The summed E-state index contributed by atoms with van der Waals surface area (Å²) in [5, 5.41) is 4.17. The Bertz CT molecular complexity index is 590. The number of unbranched alkanes of at least 4 members (excludes halogenated alkanes) is 1. The van der Waals surface area contributed by atoms with Gasteiger partial charge >= 0.3 is 0 Å². The number of hydrogen-bond donors (Lipinski definition) is 1. The first-order valence-corrected chi connectivity index (χ1v) is 8.64. The molecule has 1 amide bonds. The Kier molecular flexibility index (Phi) is 5.41. The smallest absolute Gasteiger partial charge is 0.239 e. The van der Waals surface area contributed by atoms with Gasteiger partial charge in [-0.1, -0.05) is 58.6 Å². The summed E-state index contributed by atoms with van der Waals surface area (Å²) in [5.41, 5.74) is 1.84. The summed E-state index contributed by atoms with van der Waals surface area (Å²) < 4.78 is 1.03. The largest absolute Gasteiger partial charge is 0.301 e. The molecule has 0 radical (unpaired) electrons. The van der Waals surface area contributed by atoms with E-state index in [0.29, 0.717) is 10.2 Å². The van der Waals surface area contributed by atoms with Crippen molar-refractivity contribution in [3.63, 3.8) is 0 Å². The van der Waals surface area contributed by atoms with Crippen LogP contribution >= 0.6 is 38.9 Å². The van der Waals surface area contributed by atoms with Gasteiger partial charge in [0.05, 0.1) is 15.0 Å². The van der Waals surface area contributed by atoms with Gasteiger partial charge < -0.3 is 5.32 Å². The average Bonchev–Trinajstić information content (AvgIpc) is 2.77. The number of anilines is 1. The molecule has 0 fully saturated rings. The highest BCUT2D eigenvalue weighted by Gasteiger charge is 2.16. The molecule has 2 aromatic rings. The molecule has 2 rings (SSSR count). The van der Waals surface area contributed by atoms with Crippen LogP contribution in [0.2, 0.25) is 5.02 Å². The fourth-order valence-electron chi connectivity index (χ4n) is 1.80. The average molecular weight is 376 g/mol. The van der Waals surface area contributed by atoms with Crippen LogP contribution in [-0.2, 0) is 4.79 Å². The number of benzene rings is 1. The number of carbonyl (C=O) groups is 1. The van der Waals surface area contributed by atoms with Crippen molar-refractivity contribution in [2.45, 2.75) is 37.9 Å². The van der Waals surface area contributed by atoms with Gasteiger partial charge in [0, 0.05) is 5.02 Å². The zero-order valence-electron chi connectivity index (χ0n) is 11.4. The third kappa shape index (κ3) is 3.71. The van der Waals surface area contributed by atoms with Crippen LogP contribution < -0.4 is 5.32 Å². The Labute approximate surface area is 135 Å². The van der Waals surface area contributed by atoms with Crippen molar-refractivity contribution in [3.05, 3.63) is 22.7 Å². The molecule has 3 nitrogen and oxygen atoms in total. The van der Waals surface area contributed by atoms with Crippen LogP contribution in [0.1, 0.15) is 31.7 Å². The van der Waals surface area contributed by atoms with E-state index in [1.807, 2.05) is 19.1 Å². The third-order valence-corrected chi connectivity index (χ3v) is 5.21. The van der Waals surface area contributed by atoms with Crippen molar-refractivity contribution in [3.8, 4) is 0 Å². The van der Waals surface area contributed by atoms with Gasteiger partial charge in [0.2, 0.25) is 5.91 Å². The zero-order chi connectivity index (χ0) is 14.7. The van der Waals surface area contributed by atoms with Crippen LogP contribution in [-0.4, -0.2) is 15.7 Å². The molecule has 1 aromatic carbocycles. The van der Waals surface area contributed by atoms with Crippen LogP contribution in [0.3, 0.4) is 0 Å². The fraction of sp³-hybridized carbons (Fsp3) is 0.429. The summed E-state index contributed by atoms with van der Waals surface area (Å²) in [4.78, 5) is 16.2. The molecule has 0 saturated heterocycles. The number of aryl methyl sites for hydroxylation is 1. The summed E-state index contributed by atoms with van der Waals surface area (Å²) in [7, 11) is 0. The molecule has 108 valence electrons. The number of nitrogens with zero attached hydrogens (tertiary/aromatic N) is 1. The van der Waals surface area contributed by atoms with Crippen LogP contribution in [0, 0.1) is 6.92 Å². The normalized spacial score (nSPS) is 12.6. The van der Waals surface area contributed by atoms with Gasteiger partial charge in [-0.15, -0.1) is 0 Å². The first-order chi connectivity index (χ1) is 9.51. The van der Waals surface area contributed by atoms with E-state index in [1.54, 1.807) is 0 Å². The van der Waals surface area contributed by atoms with E-state index in [4.69, 9.17) is 11.6 Å². The van der Waals surface area contributed by atoms with E-state index >= 15 is 0 Å². The van der Waals surface area contributed by atoms with Gasteiger partial charge in [0.25, 0.3) is 0 Å². The Morgan fingerprint density at radius 3 is 3.00 bits per heavy atom. The molecule has 20 heavy (non-hydrogen) atoms. The number of thiazole rings is 1.